The number of aryl methyl sites for hydroxylation is 1. The highest BCUT2D eigenvalue weighted by Crippen LogP contribution is 2.20. The van der Waals surface area contributed by atoms with E-state index in [1.807, 2.05) is 20.0 Å². The van der Waals surface area contributed by atoms with Crippen LogP contribution in [0.5, 0.6) is 0 Å². The molecular weight excluding hydrogens is 437 g/mol. The van der Waals surface area contributed by atoms with E-state index >= 15 is 0 Å². The van der Waals surface area contributed by atoms with Gasteiger partial charge < -0.3 is 15.5 Å². The molecule has 0 aromatic carbocycles. The minimum absolute atomic E-state index is 0. The maximum Gasteiger partial charge on any atom is 0.191 e. The normalized spacial score (nSPS) is 16.2. The molecule has 1 aromatic heterocycles. The summed E-state index contributed by atoms with van der Waals surface area (Å²) in [5.74, 6) is 2.03. The second-order valence-corrected chi connectivity index (χ2v) is 8.21. The third-order valence-corrected chi connectivity index (χ3v) is 4.65. The van der Waals surface area contributed by atoms with Gasteiger partial charge in [0.15, 0.2) is 5.96 Å². The van der Waals surface area contributed by atoms with Crippen LogP contribution in [-0.4, -0.2) is 43.7 Å². The Labute approximate surface area is 176 Å². The summed E-state index contributed by atoms with van der Waals surface area (Å²) in [5.41, 5.74) is 1.48. The lowest BCUT2D eigenvalue weighted by molar-refractivity contribution is 0.365. The third kappa shape index (κ3) is 8.10. The van der Waals surface area contributed by atoms with E-state index in [0.29, 0.717) is 11.5 Å². The number of nitrogens with one attached hydrogen (secondary N) is 2. The van der Waals surface area contributed by atoms with Gasteiger partial charge in [0.05, 0.1) is 0 Å². The zero-order chi connectivity index (χ0) is 18.3. The van der Waals surface area contributed by atoms with E-state index in [9.17, 15) is 0 Å². The van der Waals surface area contributed by atoms with Crippen molar-refractivity contribution >= 4 is 35.8 Å². The summed E-state index contributed by atoms with van der Waals surface area (Å²) in [6.45, 7) is 12.0. The molecule has 1 aliphatic heterocycles. The molecule has 0 bridgehead atoms. The highest BCUT2D eigenvalue weighted by molar-refractivity contribution is 14.0. The molecule has 0 unspecified atom stereocenters. The van der Waals surface area contributed by atoms with Crippen LogP contribution in [0.1, 0.15) is 52.1 Å². The summed E-state index contributed by atoms with van der Waals surface area (Å²) in [6, 6.07) is 6.73. The monoisotopic (exact) mass is 473 g/mol. The number of nitrogens with zero attached hydrogens (tertiary/aromatic N) is 3. The second kappa shape index (κ2) is 10.9. The van der Waals surface area contributed by atoms with Crippen LogP contribution in [0.15, 0.2) is 23.2 Å². The Morgan fingerprint density at radius 1 is 1.27 bits per heavy atom. The molecule has 1 aromatic rings. The largest absolute Gasteiger partial charge is 0.356 e. The van der Waals surface area contributed by atoms with Crippen molar-refractivity contribution < 1.29 is 0 Å². The highest BCUT2D eigenvalue weighted by Gasteiger charge is 2.21. The molecule has 5 nitrogen and oxygen atoms in total. The molecule has 6 heteroatoms. The number of hydrogen-bond donors (Lipinski definition) is 2. The van der Waals surface area contributed by atoms with E-state index in [2.05, 4.69) is 58.4 Å². The van der Waals surface area contributed by atoms with Crippen molar-refractivity contribution in [3.63, 3.8) is 0 Å². The zero-order valence-electron chi connectivity index (χ0n) is 17.0. The number of anilines is 1. The Morgan fingerprint density at radius 2 is 1.96 bits per heavy atom. The first-order chi connectivity index (χ1) is 11.9. The molecule has 2 N–H and O–H groups in total. The predicted molar refractivity (Wildman–Crippen MR) is 123 cm³/mol. The first-order valence-corrected chi connectivity index (χ1v) is 9.53. The Kier molecular flexibility index (Phi) is 9.68. The van der Waals surface area contributed by atoms with Gasteiger partial charge in [-0.25, -0.2) is 4.98 Å². The minimum atomic E-state index is 0. The van der Waals surface area contributed by atoms with Crippen molar-refractivity contribution in [2.24, 2.45) is 10.4 Å². The van der Waals surface area contributed by atoms with Gasteiger partial charge in [0.25, 0.3) is 0 Å². The van der Waals surface area contributed by atoms with Crippen LogP contribution in [0.25, 0.3) is 0 Å². The van der Waals surface area contributed by atoms with Crippen LogP contribution >= 0.6 is 24.0 Å². The van der Waals surface area contributed by atoms with Gasteiger partial charge in [-0.3, -0.25) is 4.99 Å². The van der Waals surface area contributed by atoms with Gasteiger partial charge in [-0.2, -0.15) is 0 Å². The first kappa shape index (κ1) is 23.0. The fraction of sp³-hybridized carbons (Fsp3) is 0.700. The number of aliphatic imine (C=N–C) groups is 1. The molecule has 1 aliphatic rings. The Bertz CT molecular complexity index is 560. The molecule has 0 spiro atoms. The lowest BCUT2D eigenvalue weighted by Crippen LogP contribution is -2.49. The van der Waals surface area contributed by atoms with Crippen LogP contribution in [-0.2, 0) is 0 Å². The topological polar surface area (TPSA) is 52.6 Å². The zero-order valence-corrected chi connectivity index (χ0v) is 19.3. The van der Waals surface area contributed by atoms with Crippen LogP contribution in [0.4, 0.5) is 5.82 Å². The molecule has 148 valence electrons. The van der Waals surface area contributed by atoms with E-state index in [1.165, 1.54) is 12.8 Å². The summed E-state index contributed by atoms with van der Waals surface area (Å²) in [4.78, 5) is 11.4. The number of halogens is 1. The summed E-state index contributed by atoms with van der Waals surface area (Å²) in [6.07, 6.45) is 4.61. The second-order valence-electron chi connectivity index (χ2n) is 8.21. The van der Waals surface area contributed by atoms with Crippen LogP contribution in [0.2, 0.25) is 0 Å². The van der Waals surface area contributed by atoms with Crippen molar-refractivity contribution in [2.75, 3.05) is 31.6 Å². The van der Waals surface area contributed by atoms with E-state index in [4.69, 9.17) is 0 Å². The molecular formula is C20H36IN5. The van der Waals surface area contributed by atoms with Crippen molar-refractivity contribution in [1.29, 1.82) is 0 Å². The Balaban J connectivity index is 0.00000338. The molecule has 2 heterocycles. The van der Waals surface area contributed by atoms with E-state index in [1.54, 1.807) is 0 Å². The molecule has 0 radical (unpaired) electrons. The van der Waals surface area contributed by atoms with Gasteiger partial charge in [0, 0.05) is 38.4 Å². The number of guanidine groups is 1. The van der Waals surface area contributed by atoms with Gasteiger partial charge in [-0.05, 0) is 50.2 Å². The van der Waals surface area contributed by atoms with Gasteiger partial charge in [-0.1, -0.05) is 26.8 Å². The van der Waals surface area contributed by atoms with Crippen molar-refractivity contribution in [3.05, 3.63) is 23.9 Å². The van der Waals surface area contributed by atoms with Crippen LogP contribution in [0.3, 0.4) is 0 Å². The molecule has 2 rings (SSSR count). The third-order valence-electron chi connectivity index (χ3n) is 4.65. The molecule has 0 amide bonds. The van der Waals surface area contributed by atoms with E-state index in [0.717, 1.165) is 49.9 Å². The van der Waals surface area contributed by atoms with Crippen LogP contribution in [0, 0.1) is 12.3 Å². The van der Waals surface area contributed by atoms with Crippen molar-refractivity contribution in [1.82, 2.24) is 15.6 Å². The van der Waals surface area contributed by atoms with Gasteiger partial charge >= 0.3 is 0 Å². The minimum Gasteiger partial charge on any atom is -0.356 e. The van der Waals surface area contributed by atoms with Crippen molar-refractivity contribution in [3.8, 4) is 0 Å². The number of pyridine rings is 1. The number of piperidine rings is 1. The average Bonchev–Trinajstić information content (AvgIpc) is 2.57. The SMILES string of the molecule is CN=C(NCCCC(C)(C)C)NC1CCN(c2cccc(C)n2)CC1.I. The van der Waals surface area contributed by atoms with Crippen LogP contribution < -0.4 is 15.5 Å². The van der Waals surface area contributed by atoms with E-state index < -0.39 is 0 Å². The summed E-state index contributed by atoms with van der Waals surface area (Å²) in [5, 5.41) is 7.03. The van der Waals surface area contributed by atoms with Gasteiger partial charge in [-0.15, -0.1) is 24.0 Å². The lowest BCUT2D eigenvalue weighted by Gasteiger charge is -2.34. The molecule has 26 heavy (non-hydrogen) atoms. The number of aromatic nitrogens is 1. The Morgan fingerprint density at radius 3 is 2.54 bits per heavy atom. The smallest absolute Gasteiger partial charge is 0.191 e. The van der Waals surface area contributed by atoms with E-state index in [-0.39, 0.29) is 24.0 Å². The standard InChI is InChI=1S/C20H35N5.HI/c1-16-8-6-9-18(23-16)25-14-10-17(11-15-25)24-19(21-5)22-13-7-12-20(2,3)4;/h6,8-9,17H,7,10-15H2,1-5H3,(H2,21,22,24);1H. The molecule has 1 saturated heterocycles. The fourth-order valence-corrected chi connectivity index (χ4v) is 3.17. The molecule has 0 atom stereocenters. The Hall–Kier alpha value is -1.05. The highest BCUT2D eigenvalue weighted by atomic mass is 127. The predicted octanol–water partition coefficient (Wildman–Crippen LogP) is 3.97. The number of rotatable bonds is 5. The molecule has 1 fully saturated rings. The molecule has 0 aliphatic carbocycles. The summed E-state index contributed by atoms with van der Waals surface area (Å²) < 4.78 is 0. The summed E-state index contributed by atoms with van der Waals surface area (Å²) in [7, 11) is 1.85. The maximum atomic E-state index is 4.64. The number of hydrogen-bond acceptors (Lipinski definition) is 3. The summed E-state index contributed by atoms with van der Waals surface area (Å²) >= 11 is 0. The lowest BCUT2D eigenvalue weighted by atomic mass is 9.91. The quantitative estimate of drug-likeness (QED) is 0.294. The average molecular weight is 473 g/mol. The maximum absolute atomic E-state index is 4.64. The van der Waals surface area contributed by atoms with Crippen molar-refractivity contribution in [2.45, 2.75) is 59.4 Å². The fourth-order valence-electron chi connectivity index (χ4n) is 3.17. The molecule has 0 saturated carbocycles. The first-order valence-electron chi connectivity index (χ1n) is 9.53. The van der Waals surface area contributed by atoms with Gasteiger partial charge in [0.1, 0.15) is 5.82 Å². The van der Waals surface area contributed by atoms with Gasteiger partial charge in [0.2, 0.25) is 0 Å².